The fourth-order valence-corrected chi connectivity index (χ4v) is 4.90. The van der Waals surface area contributed by atoms with Crippen LogP contribution in [0.15, 0.2) is 72.8 Å². The van der Waals surface area contributed by atoms with E-state index in [2.05, 4.69) is 64.8 Å². The number of nitrogens with one attached hydrogen (secondary N) is 1. The minimum atomic E-state index is -0.930. The Bertz CT molecular complexity index is 1540. The van der Waals surface area contributed by atoms with Crippen LogP contribution in [0.2, 0.25) is 0 Å². The lowest BCUT2D eigenvalue weighted by Crippen LogP contribution is -2.11. The number of aryl methyl sites for hydroxylation is 1. The highest BCUT2D eigenvalue weighted by molar-refractivity contribution is 5.87. The number of hydrogen-bond acceptors (Lipinski definition) is 6. The van der Waals surface area contributed by atoms with E-state index >= 15 is 0 Å². The van der Waals surface area contributed by atoms with Gasteiger partial charge in [-0.05, 0) is 51.2 Å². The predicted octanol–water partition coefficient (Wildman–Crippen LogP) is 6.15. The summed E-state index contributed by atoms with van der Waals surface area (Å²) in [7, 11) is 0. The van der Waals surface area contributed by atoms with Crippen molar-refractivity contribution < 1.29 is 9.90 Å². The molecule has 2 N–H and O–H groups in total. The molecule has 2 aromatic heterocycles. The van der Waals surface area contributed by atoms with Crippen molar-refractivity contribution >= 4 is 5.97 Å². The first-order valence-corrected chi connectivity index (χ1v) is 13.7. The Hall–Kier alpha value is -4.66. The van der Waals surface area contributed by atoms with E-state index in [4.69, 9.17) is 10.1 Å². The summed E-state index contributed by atoms with van der Waals surface area (Å²) in [5, 5.41) is 28.6. The number of rotatable bonds is 12. The third kappa shape index (κ3) is 6.14. The Kier molecular flexibility index (Phi) is 8.39. The second kappa shape index (κ2) is 12.5. The fourth-order valence-electron chi connectivity index (χ4n) is 4.90. The van der Waals surface area contributed by atoms with Gasteiger partial charge in [0.05, 0.1) is 12.1 Å². The lowest BCUT2D eigenvalue weighted by molar-refractivity contribution is 0.0697. The third-order valence-electron chi connectivity index (χ3n) is 7.17. The molecule has 1 atom stereocenters. The van der Waals surface area contributed by atoms with E-state index in [0.29, 0.717) is 12.4 Å². The summed E-state index contributed by atoms with van der Waals surface area (Å²) < 4.78 is 1.99. The quantitative estimate of drug-likeness (QED) is 0.184. The van der Waals surface area contributed by atoms with Gasteiger partial charge in [0.15, 0.2) is 11.6 Å². The van der Waals surface area contributed by atoms with Crippen molar-refractivity contribution in [1.82, 2.24) is 35.4 Å². The number of carbonyl (C=O) groups is 1. The van der Waals surface area contributed by atoms with Gasteiger partial charge >= 0.3 is 5.97 Å². The summed E-state index contributed by atoms with van der Waals surface area (Å²) in [6.45, 7) is 4.88. The van der Waals surface area contributed by atoms with E-state index in [1.54, 1.807) is 12.1 Å². The molecule has 0 bridgehead atoms. The molecule has 9 nitrogen and oxygen atoms in total. The van der Waals surface area contributed by atoms with Crippen LogP contribution in [0, 0.1) is 0 Å². The van der Waals surface area contributed by atoms with Crippen molar-refractivity contribution in [1.29, 1.82) is 0 Å². The van der Waals surface area contributed by atoms with Gasteiger partial charge in [0.1, 0.15) is 5.82 Å². The van der Waals surface area contributed by atoms with Crippen molar-refractivity contribution in [2.45, 2.75) is 58.4 Å². The molecule has 1 unspecified atom stereocenters. The van der Waals surface area contributed by atoms with Gasteiger partial charge in [-0.1, -0.05) is 93.8 Å². The molecule has 0 aliphatic carbocycles. The molecular weight excluding hydrogens is 502 g/mol. The highest BCUT2D eigenvalue weighted by Crippen LogP contribution is 2.30. The molecule has 0 fully saturated rings. The van der Waals surface area contributed by atoms with Crippen LogP contribution in [0.4, 0.5) is 0 Å². The van der Waals surface area contributed by atoms with Crippen LogP contribution in [-0.2, 0) is 13.0 Å². The first-order valence-electron chi connectivity index (χ1n) is 13.7. The minimum Gasteiger partial charge on any atom is -0.478 e. The van der Waals surface area contributed by atoms with Gasteiger partial charge in [0, 0.05) is 17.9 Å². The number of aromatic nitrogens is 7. The Morgan fingerprint density at radius 1 is 0.950 bits per heavy atom. The highest BCUT2D eigenvalue weighted by Gasteiger charge is 2.19. The molecule has 40 heavy (non-hydrogen) atoms. The van der Waals surface area contributed by atoms with E-state index in [1.165, 1.54) is 19.3 Å². The number of tetrazole rings is 1. The second-order valence-electron chi connectivity index (χ2n) is 10.00. The Balaban J connectivity index is 1.40. The van der Waals surface area contributed by atoms with Gasteiger partial charge < -0.3 is 5.11 Å². The normalized spacial score (nSPS) is 11.9. The van der Waals surface area contributed by atoms with Crippen LogP contribution in [-0.4, -0.2) is 46.5 Å². The molecule has 0 amide bonds. The first-order chi connectivity index (χ1) is 19.5. The Morgan fingerprint density at radius 3 is 2.38 bits per heavy atom. The molecule has 0 aliphatic heterocycles. The molecule has 0 saturated heterocycles. The van der Waals surface area contributed by atoms with E-state index in [1.807, 2.05) is 35.0 Å². The lowest BCUT2D eigenvalue weighted by Gasteiger charge is -2.14. The summed E-state index contributed by atoms with van der Waals surface area (Å²) in [5.41, 5.74) is 5.44. The van der Waals surface area contributed by atoms with E-state index in [9.17, 15) is 9.90 Å². The van der Waals surface area contributed by atoms with Gasteiger partial charge in [-0.3, -0.25) is 0 Å². The third-order valence-corrected chi connectivity index (χ3v) is 7.17. The van der Waals surface area contributed by atoms with E-state index in [0.717, 1.165) is 52.3 Å². The van der Waals surface area contributed by atoms with Crippen LogP contribution >= 0.6 is 0 Å². The monoisotopic (exact) mass is 535 g/mol. The number of aromatic carboxylic acids is 1. The summed E-state index contributed by atoms with van der Waals surface area (Å²) in [5.74, 6) is 1.39. The van der Waals surface area contributed by atoms with Crippen molar-refractivity contribution in [3.63, 3.8) is 0 Å². The fraction of sp³-hybridized carbons (Fsp3) is 0.290. The summed E-state index contributed by atoms with van der Waals surface area (Å²) in [4.78, 5) is 16.3. The number of benzene rings is 3. The predicted molar refractivity (Wildman–Crippen MR) is 153 cm³/mol. The largest absolute Gasteiger partial charge is 0.478 e. The maximum Gasteiger partial charge on any atom is 0.335 e. The molecule has 3 aromatic carbocycles. The van der Waals surface area contributed by atoms with Crippen molar-refractivity contribution in [2.75, 3.05) is 0 Å². The number of H-pyrrole nitrogens is 1. The van der Waals surface area contributed by atoms with Crippen LogP contribution in [0.3, 0.4) is 0 Å². The zero-order valence-electron chi connectivity index (χ0n) is 22.8. The maximum atomic E-state index is 11.3. The van der Waals surface area contributed by atoms with Crippen LogP contribution in [0.1, 0.15) is 78.6 Å². The standard InChI is InChI=1S/C31H33N7O2/c1-3-4-5-6-11-28-32-30(21(2)23-16-18-25(19-17-23)31(39)40)38(35-28)20-22-12-14-24(15-13-22)26-9-7-8-10-27(26)29-33-36-37-34-29/h7-10,12-19,21H,3-6,11,20H2,1-2H3,(H,39,40)(H,33,34,36,37). The van der Waals surface area contributed by atoms with Gasteiger partial charge in [-0.25, -0.2) is 19.6 Å². The second-order valence-corrected chi connectivity index (χ2v) is 10.00. The van der Waals surface area contributed by atoms with Gasteiger partial charge in [-0.2, -0.15) is 5.10 Å². The first kappa shape index (κ1) is 26.9. The molecule has 0 saturated carbocycles. The number of carboxylic acid groups (broad SMARTS) is 1. The summed E-state index contributed by atoms with van der Waals surface area (Å²) >= 11 is 0. The number of nitrogens with zero attached hydrogens (tertiary/aromatic N) is 6. The molecule has 2 heterocycles. The lowest BCUT2D eigenvalue weighted by atomic mass is 9.98. The van der Waals surface area contributed by atoms with Gasteiger partial charge in [0.25, 0.3) is 0 Å². The van der Waals surface area contributed by atoms with Crippen molar-refractivity contribution in [2.24, 2.45) is 0 Å². The number of hydrogen-bond donors (Lipinski definition) is 2. The maximum absolute atomic E-state index is 11.3. The number of aromatic amines is 1. The van der Waals surface area contributed by atoms with Crippen molar-refractivity contribution in [3.05, 3.63) is 101 Å². The van der Waals surface area contributed by atoms with Crippen LogP contribution in [0.5, 0.6) is 0 Å². The molecule has 9 heteroatoms. The van der Waals surface area contributed by atoms with Crippen LogP contribution < -0.4 is 0 Å². The van der Waals surface area contributed by atoms with E-state index < -0.39 is 5.97 Å². The zero-order valence-corrected chi connectivity index (χ0v) is 22.8. The van der Waals surface area contributed by atoms with Crippen molar-refractivity contribution in [3.8, 4) is 22.5 Å². The average molecular weight is 536 g/mol. The zero-order chi connectivity index (χ0) is 27.9. The SMILES string of the molecule is CCCCCCc1nc(C(C)c2ccc(C(=O)O)cc2)n(Cc2ccc(-c3ccccc3-c3nnn[nH]3)cc2)n1. The van der Waals surface area contributed by atoms with Crippen LogP contribution in [0.25, 0.3) is 22.5 Å². The molecule has 204 valence electrons. The Labute approximate surface area is 233 Å². The minimum absolute atomic E-state index is 0.0404. The van der Waals surface area contributed by atoms with Gasteiger partial charge in [-0.15, -0.1) is 5.10 Å². The van der Waals surface area contributed by atoms with Gasteiger partial charge in [0.2, 0.25) is 0 Å². The molecule has 5 aromatic rings. The highest BCUT2D eigenvalue weighted by atomic mass is 16.4. The molecule has 0 radical (unpaired) electrons. The smallest absolute Gasteiger partial charge is 0.335 e. The number of unbranched alkanes of at least 4 members (excludes halogenated alkanes) is 3. The molecule has 0 aliphatic rings. The molecule has 0 spiro atoms. The topological polar surface area (TPSA) is 122 Å². The van der Waals surface area contributed by atoms with E-state index in [-0.39, 0.29) is 11.5 Å². The summed E-state index contributed by atoms with van der Waals surface area (Å²) in [6, 6.07) is 23.5. The summed E-state index contributed by atoms with van der Waals surface area (Å²) in [6.07, 6.45) is 5.47. The molecule has 5 rings (SSSR count). The Morgan fingerprint density at radius 2 is 1.70 bits per heavy atom. The molecular formula is C31H33N7O2. The average Bonchev–Trinajstić information content (AvgIpc) is 3.66. The number of carboxylic acids is 1.